The van der Waals surface area contributed by atoms with Crippen LogP contribution in [0.3, 0.4) is 0 Å². The minimum atomic E-state index is 0.0599. The number of nitrogens with one attached hydrogen (secondary N) is 1. The molecule has 0 aliphatic carbocycles. The Morgan fingerprint density at radius 2 is 2.54 bits per heavy atom. The van der Waals surface area contributed by atoms with Gasteiger partial charge in [-0.2, -0.15) is 11.8 Å². The summed E-state index contributed by atoms with van der Waals surface area (Å²) in [6, 6.07) is 0. The molecular weight excluding hydrogens is 184 g/mol. The van der Waals surface area contributed by atoms with Crippen molar-refractivity contribution in [3.05, 3.63) is 17.7 Å². The predicted octanol–water partition coefficient (Wildman–Crippen LogP) is 1.86. The third-order valence-corrected chi connectivity index (χ3v) is 3.69. The molecule has 2 rings (SSSR count). The molecule has 1 saturated heterocycles. The molecule has 4 heteroatoms. The van der Waals surface area contributed by atoms with E-state index in [1.807, 2.05) is 11.8 Å². The summed E-state index contributed by atoms with van der Waals surface area (Å²) in [7, 11) is 0. The monoisotopic (exact) mass is 198 g/mol. The van der Waals surface area contributed by atoms with Gasteiger partial charge in [0.15, 0.2) is 0 Å². The van der Waals surface area contributed by atoms with Crippen LogP contribution in [0.25, 0.3) is 0 Å². The van der Waals surface area contributed by atoms with Gasteiger partial charge in [-0.25, -0.2) is 4.98 Å². The highest BCUT2D eigenvalue weighted by molar-refractivity contribution is 7.99. The molecule has 0 amide bonds. The Labute approximate surface area is 82.0 Å². The summed E-state index contributed by atoms with van der Waals surface area (Å²) in [4.78, 5) is 7.42. The zero-order valence-electron chi connectivity index (χ0n) is 7.49. The Hall–Kier alpha value is -0.480. The molecule has 1 atom stereocenters. The van der Waals surface area contributed by atoms with Crippen LogP contribution in [0.15, 0.2) is 6.20 Å². The van der Waals surface area contributed by atoms with Gasteiger partial charge in [0.2, 0.25) is 0 Å². The van der Waals surface area contributed by atoms with Crippen molar-refractivity contribution < 1.29 is 5.11 Å². The molecule has 0 bridgehead atoms. The van der Waals surface area contributed by atoms with Crippen LogP contribution in [-0.2, 0) is 6.61 Å². The quantitative estimate of drug-likeness (QED) is 0.762. The third-order valence-electron chi connectivity index (χ3n) is 2.30. The molecule has 0 aromatic carbocycles. The van der Waals surface area contributed by atoms with E-state index in [0.29, 0.717) is 5.25 Å². The molecule has 2 heterocycles. The zero-order chi connectivity index (χ0) is 9.10. The average molecular weight is 198 g/mol. The number of hydrogen-bond acceptors (Lipinski definition) is 3. The van der Waals surface area contributed by atoms with Crippen molar-refractivity contribution in [3.8, 4) is 0 Å². The number of H-pyrrole nitrogens is 1. The summed E-state index contributed by atoms with van der Waals surface area (Å²) in [6.07, 6.45) is 5.56. The van der Waals surface area contributed by atoms with Crippen LogP contribution in [0.2, 0.25) is 0 Å². The van der Waals surface area contributed by atoms with Crippen LogP contribution in [0.5, 0.6) is 0 Å². The highest BCUT2D eigenvalue weighted by Gasteiger charge is 2.18. The number of aromatic amines is 1. The minimum absolute atomic E-state index is 0.0599. The van der Waals surface area contributed by atoms with Gasteiger partial charge in [-0.1, -0.05) is 6.42 Å². The molecule has 3 nitrogen and oxygen atoms in total. The maximum Gasteiger partial charge on any atom is 0.119 e. The van der Waals surface area contributed by atoms with Crippen LogP contribution in [0.4, 0.5) is 0 Å². The van der Waals surface area contributed by atoms with Crippen LogP contribution < -0.4 is 0 Å². The van der Waals surface area contributed by atoms with Crippen LogP contribution in [-0.4, -0.2) is 20.8 Å². The SMILES string of the molecule is OCc1cnc(C2CCCCS2)[nH]1. The fourth-order valence-electron chi connectivity index (χ4n) is 1.58. The van der Waals surface area contributed by atoms with Gasteiger partial charge >= 0.3 is 0 Å². The lowest BCUT2D eigenvalue weighted by molar-refractivity contribution is 0.277. The van der Waals surface area contributed by atoms with Gasteiger partial charge in [-0.05, 0) is 18.6 Å². The van der Waals surface area contributed by atoms with E-state index in [1.165, 1.54) is 25.0 Å². The zero-order valence-corrected chi connectivity index (χ0v) is 8.31. The summed E-state index contributed by atoms with van der Waals surface area (Å²) in [5, 5.41) is 9.39. The predicted molar refractivity (Wildman–Crippen MR) is 53.6 cm³/mol. The minimum Gasteiger partial charge on any atom is -0.390 e. The summed E-state index contributed by atoms with van der Waals surface area (Å²) in [5.41, 5.74) is 0.821. The Bertz CT molecular complexity index is 268. The van der Waals surface area contributed by atoms with E-state index in [-0.39, 0.29) is 6.61 Å². The Kier molecular flexibility index (Phi) is 2.90. The molecule has 0 spiro atoms. The van der Waals surface area contributed by atoms with E-state index in [9.17, 15) is 0 Å². The second-order valence-corrected chi connectivity index (χ2v) is 4.62. The first-order valence-corrected chi connectivity index (χ1v) is 5.71. The number of aliphatic hydroxyl groups is 1. The fraction of sp³-hybridized carbons (Fsp3) is 0.667. The van der Waals surface area contributed by atoms with Crippen LogP contribution in [0.1, 0.15) is 36.0 Å². The molecule has 1 aromatic heterocycles. The highest BCUT2D eigenvalue weighted by Crippen LogP contribution is 2.36. The standard InChI is InChI=1S/C9H14N2OS/c12-6-7-5-10-9(11-7)8-3-1-2-4-13-8/h5,8,12H,1-4,6H2,(H,10,11). The van der Waals surface area contributed by atoms with Crippen molar-refractivity contribution in [3.63, 3.8) is 0 Å². The largest absolute Gasteiger partial charge is 0.390 e. The van der Waals surface area contributed by atoms with E-state index >= 15 is 0 Å². The van der Waals surface area contributed by atoms with Crippen molar-refractivity contribution in [2.45, 2.75) is 31.1 Å². The Balaban J connectivity index is 2.05. The second kappa shape index (κ2) is 4.15. The fourth-order valence-corrected chi connectivity index (χ4v) is 2.84. The Morgan fingerprint density at radius 3 is 3.15 bits per heavy atom. The lowest BCUT2D eigenvalue weighted by Crippen LogP contribution is -2.03. The number of rotatable bonds is 2. The molecule has 2 N–H and O–H groups in total. The molecule has 0 radical (unpaired) electrons. The smallest absolute Gasteiger partial charge is 0.119 e. The van der Waals surface area contributed by atoms with Crippen molar-refractivity contribution in [1.29, 1.82) is 0 Å². The van der Waals surface area contributed by atoms with Crippen LogP contribution >= 0.6 is 11.8 Å². The first-order chi connectivity index (χ1) is 6.40. The van der Waals surface area contributed by atoms with E-state index < -0.39 is 0 Å². The number of nitrogens with zero attached hydrogens (tertiary/aromatic N) is 1. The summed E-state index contributed by atoms with van der Waals surface area (Å²) in [6.45, 7) is 0.0599. The van der Waals surface area contributed by atoms with Crippen LogP contribution in [0, 0.1) is 0 Å². The van der Waals surface area contributed by atoms with Gasteiger partial charge in [0.1, 0.15) is 5.82 Å². The van der Waals surface area contributed by atoms with Crippen molar-refractivity contribution in [1.82, 2.24) is 9.97 Å². The maximum absolute atomic E-state index is 8.87. The normalized spacial score (nSPS) is 23.3. The van der Waals surface area contributed by atoms with Gasteiger partial charge in [-0.3, -0.25) is 0 Å². The molecule has 0 saturated carbocycles. The number of aliphatic hydroxyl groups excluding tert-OH is 1. The van der Waals surface area contributed by atoms with Crippen molar-refractivity contribution in [2.24, 2.45) is 0 Å². The molecule has 1 aromatic rings. The second-order valence-electron chi connectivity index (χ2n) is 3.31. The van der Waals surface area contributed by atoms with E-state index in [4.69, 9.17) is 5.11 Å². The summed E-state index contributed by atoms with van der Waals surface area (Å²) in [5.74, 6) is 2.27. The highest BCUT2D eigenvalue weighted by atomic mass is 32.2. The lowest BCUT2D eigenvalue weighted by atomic mass is 10.2. The van der Waals surface area contributed by atoms with Gasteiger partial charge in [0, 0.05) is 0 Å². The third kappa shape index (κ3) is 2.06. The number of aromatic nitrogens is 2. The average Bonchev–Trinajstić information content (AvgIpc) is 2.67. The van der Waals surface area contributed by atoms with Gasteiger partial charge < -0.3 is 10.1 Å². The molecule has 72 valence electrons. The van der Waals surface area contributed by atoms with Gasteiger partial charge in [0.25, 0.3) is 0 Å². The van der Waals surface area contributed by atoms with E-state index in [0.717, 1.165) is 11.5 Å². The summed E-state index contributed by atoms with van der Waals surface area (Å²) < 4.78 is 0. The molecular formula is C9H14N2OS. The molecule has 1 unspecified atom stereocenters. The molecule has 1 fully saturated rings. The van der Waals surface area contributed by atoms with E-state index in [2.05, 4.69) is 9.97 Å². The molecule has 13 heavy (non-hydrogen) atoms. The number of thioether (sulfide) groups is 1. The van der Waals surface area contributed by atoms with Crippen molar-refractivity contribution in [2.75, 3.05) is 5.75 Å². The first kappa shape index (κ1) is 9.09. The topological polar surface area (TPSA) is 48.9 Å². The number of hydrogen-bond donors (Lipinski definition) is 2. The first-order valence-electron chi connectivity index (χ1n) is 4.66. The molecule has 1 aliphatic heterocycles. The summed E-state index contributed by atoms with van der Waals surface area (Å²) >= 11 is 1.96. The maximum atomic E-state index is 8.87. The van der Waals surface area contributed by atoms with Crippen molar-refractivity contribution >= 4 is 11.8 Å². The van der Waals surface area contributed by atoms with Gasteiger partial charge in [-0.15, -0.1) is 0 Å². The van der Waals surface area contributed by atoms with E-state index in [1.54, 1.807) is 6.20 Å². The molecule has 1 aliphatic rings. The Morgan fingerprint density at radius 1 is 1.62 bits per heavy atom. The lowest BCUT2D eigenvalue weighted by Gasteiger charge is -2.18. The number of imidazole rings is 1. The van der Waals surface area contributed by atoms with Gasteiger partial charge in [0.05, 0.1) is 23.7 Å².